The number of hydrogen-bond acceptors (Lipinski definition) is 4. The Balaban J connectivity index is 1.64. The minimum Gasteiger partial charge on any atom is -0.504 e. The molecule has 3 N–H and O–H groups in total. The first-order valence-corrected chi connectivity index (χ1v) is 10.5. The summed E-state index contributed by atoms with van der Waals surface area (Å²) in [6.07, 6.45) is 4.78. The number of likely N-dealkylation sites (tertiary alicyclic amines) is 1. The third kappa shape index (κ3) is 4.95. The Hall–Kier alpha value is -2.44. The van der Waals surface area contributed by atoms with Gasteiger partial charge in [0.05, 0.1) is 7.11 Å². The van der Waals surface area contributed by atoms with Gasteiger partial charge in [0.15, 0.2) is 11.5 Å². The summed E-state index contributed by atoms with van der Waals surface area (Å²) < 4.78 is 5.11. The SMILES string of the molecule is COc1cc(CNC(=O)C2CCN(C(=O)O)C(C3CCCCC3C)C2)ccc1O. The summed E-state index contributed by atoms with van der Waals surface area (Å²) in [4.78, 5) is 26.2. The number of phenols is 1. The lowest BCUT2D eigenvalue weighted by Gasteiger charge is -2.45. The van der Waals surface area contributed by atoms with Crippen molar-refractivity contribution in [2.75, 3.05) is 13.7 Å². The molecule has 1 aromatic carbocycles. The third-order valence-corrected chi connectivity index (χ3v) is 6.64. The van der Waals surface area contributed by atoms with Crippen LogP contribution in [0.1, 0.15) is 51.0 Å². The van der Waals surface area contributed by atoms with Crippen molar-refractivity contribution in [3.8, 4) is 11.5 Å². The highest BCUT2D eigenvalue weighted by Crippen LogP contribution is 2.39. The number of nitrogens with one attached hydrogen (secondary N) is 1. The van der Waals surface area contributed by atoms with Gasteiger partial charge in [0, 0.05) is 25.0 Å². The smallest absolute Gasteiger partial charge is 0.407 e. The minimum atomic E-state index is -0.872. The first-order valence-electron chi connectivity index (χ1n) is 10.5. The van der Waals surface area contributed by atoms with Gasteiger partial charge in [0.2, 0.25) is 5.91 Å². The van der Waals surface area contributed by atoms with Crippen molar-refractivity contribution in [2.24, 2.45) is 17.8 Å². The summed E-state index contributed by atoms with van der Waals surface area (Å²) in [5.41, 5.74) is 0.841. The van der Waals surface area contributed by atoms with Gasteiger partial charge in [-0.25, -0.2) is 4.79 Å². The molecule has 1 saturated carbocycles. The Bertz CT molecular complexity index is 738. The van der Waals surface area contributed by atoms with Gasteiger partial charge >= 0.3 is 6.09 Å². The zero-order valence-corrected chi connectivity index (χ0v) is 17.3. The van der Waals surface area contributed by atoms with Crippen molar-refractivity contribution >= 4 is 12.0 Å². The van der Waals surface area contributed by atoms with Crippen LogP contribution in [0.25, 0.3) is 0 Å². The van der Waals surface area contributed by atoms with E-state index in [1.54, 1.807) is 23.1 Å². The Morgan fingerprint density at radius 2 is 2.00 bits per heavy atom. The normalized spacial score (nSPS) is 27.3. The van der Waals surface area contributed by atoms with Crippen LogP contribution in [-0.2, 0) is 11.3 Å². The van der Waals surface area contributed by atoms with Gasteiger partial charge in [-0.05, 0) is 48.8 Å². The zero-order chi connectivity index (χ0) is 21.0. The van der Waals surface area contributed by atoms with Crippen LogP contribution in [0.5, 0.6) is 11.5 Å². The molecule has 29 heavy (non-hydrogen) atoms. The van der Waals surface area contributed by atoms with Crippen molar-refractivity contribution in [1.29, 1.82) is 0 Å². The van der Waals surface area contributed by atoms with E-state index in [1.807, 2.05) is 0 Å². The number of amides is 2. The molecule has 2 amide bonds. The lowest BCUT2D eigenvalue weighted by molar-refractivity contribution is -0.127. The largest absolute Gasteiger partial charge is 0.504 e. The number of hydrogen-bond donors (Lipinski definition) is 3. The summed E-state index contributed by atoms with van der Waals surface area (Å²) >= 11 is 0. The topological polar surface area (TPSA) is 99.1 Å². The number of ether oxygens (including phenoxy) is 1. The van der Waals surface area contributed by atoms with Gasteiger partial charge < -0.3 is 25.2 Å². The van der Waals surface area contributed by atoms with E-state index < -0.39 is 6.09 Å². The molecule has 0 bridgehead atoms. The molecule has 0 radical (unpaired) electrons. The Morgan fingerprint density at radius 3 is 2.69 bits per heavy atom. The van der Waals surface area contributed by atoms with Crippen molar-refractivity contribution < 1.29 is 24.5 Å². The van der Waals surface area contributed by atoms with E-state index in [9.17, 15) is 19.8 Å². The second-order valence-corrected chi connectivity index (χ2v) is 8.41. The summed E-state index contributed by atoms with van der Waals surface area (Å²) in [6.45, 7) is 2.97. The fraction of sp³-hybridized carbons (Fsp3) is 0.636. The molecule has 1 aliphatic heterocycles. The maximum absolute atomic E-state index is 12.8. The van der Waals surface area contributed by atoms with Gasteiger partial charge in [0.25, 0.3) is 0 Å². The average Bonchev–Trinajstić information content (AvgIpc) is 2.72. The number of rotatable bonds is 5. The van der Waals surface area contributed by atoms with Crippen LogP contribution in [-0.4, -0.2) is 46.8 Å². The molecule has 1 heterocycles. The second-order valence-electron chi connectivity index (χ2n) is 8.41. The molecule has 1 aromatic rings. The standard InChI is InChI=1S/C22H32N2O5/c1-14-5-3-4-6-17(14)18-12-16(9-10-24(18)22(27)28)21(26)23-13-15-7-8-19(25)20(11-15)29-2/h7-8,11,14,16-18,25H,3-6,9-10,12-13H2,1-2H3,(H,23,26)(H,27,28). The van der Waals surface area contributed by atoms with Crippen LogP contribution in [0.15, 0.2) is 18.2 Å². The van der Waals surface area contributed by atoms with E-state index in [4.69, 9.17) is 4.74 Å². The Kier molecular flexibility index (Phi) is 6.87. The molecule has 1 aliphatic carbocycles. The monoisotopic (exact) mass is 404 g/mol. The van der Waals surface area contributed by atoms with Gasteiger partial charge in [-0.1, -0.05) is 32.3 Å². The van der Waals surface area contributed by atoms with Crippen molar-refractivity contribution in [1.82, 2.24) is 10.2 Å². The molecule has 7 nitrogen and oxygen atoms in total. The lowest BCUT2D eigenvalue weighted by atomic mass is 9.72. The van der Waals surface area contributed by atoms with Gasteiger partial charge in [-0.2, -0.15) is 0 Å². The number of phenolic OH excluding ortho intramolecular Hbond substituents is 1. The van der Waals surface area contributed by atoms with E-state index in [0.29, 0.717) is 43.5 Å². The number of carbonyl (C=O) groups is 2. The van der Waals surface area contributed by atoms with E-state index >= 15 is 0 Å². The molecular formula is C22H32N2O5. The first-order chi connectivity index (χ1) is 13.9. The molecular weight excluding hydrogens is 372 g/mol. The number of carbonyl (C=O) groups excluding carboxylic acids is 1. The summed E-state index contributed by atoms with van der Waals surface area (Å²) in [7, 11) is 1.49. The minimum absolute atomic E-state index is 0.0319. The molecule has 2 aliphatic rings. The summed E-state index contributed by atoms with van der Waals surface area (Å²) in [6, 6.07) is 4.92. The summed E-state index contributed by atoms with van der Waals surface area (Å²) in [5, 5.41) is 22.3. The maximum Gasteiger partial charge on any atom is 0.407 e. The molecule has 3 rings (SSSR count). The van der Waals surface area contributed by atoms with Crippen LogP contribution in [0, 0.1) is 17.8 Å². The molecule has 160 valence electrons. The lowest BCUT2D eigenvalue weighted by Crippen LogP contribution is -2.53. The highest BCUT2D eigenvalue weighted by molar-refractivity contribution is 5.79. The quantitative estimate of drug-likeness (QED) is 0.696. The first kappa shape index (κ1) is 21.3. The van der Waals surface area contributed by atoms with Crippen LogP contribution in [0.3, 0.4) is 0 Å². The van der Waals surface area contributed by atoms with Crippen molar-refractivity contribution in [2.45, 2.75) is 58.0 Å². The number of piperidine rings is 1. The van der Waals surface area contributed by atoms with Gasteiger partial charge in [-0.15, -0.1) is 0 Å². The zero-order valence-electron chi connectivity index (χ0n) is 17.3. The third-order valence-electron chi connectivity index (χ3n) is 6.64. The van der Waals surface area contributed by atoms with E-state index in [1.165, 1.54) is 13.5 Å². The fourth-order valence-electron chi connectivity index (χ4n) is 4.96. The second kappa shape index (κ2) is 9.37. The Labute approximate surface area is 172 Å². The highest BCUT2D eigenvalue weighted by Gasteiger charge is 2.41. The van der Waals surface area contributed by atoms with E-state index in [-0.39, 0.29) is 23.6 Å². The molecule has 0 spiro atoms. The number of aromatic hydroxyl groups is 1. The van der Waals surface area contributed by atoms with E-state index in [2.05, 4.69) is 12.2 Å². The van der Waals surface area contributed by atoms with E-state index in [0.717, 1.165) is 24.8 Å². The van der Waals surface area contributed by atoms with Crippen molar-refractivity contribution in [3.63, 3.8) is 0 Å². The van der Waals surface area contributed by atoms with Crippen LogP contribution in [0.4, 0.5) is 4.79 Å². The van der Waals surface area contributed by atoms with Gasteiger partial charge in [0.1, 0.15) is 0 Å². The molecule has 4 unspecified atom stereocenters. The molecule has 4 atom stereocenters. The van der Waals surface area contributed by atoms with Gasteiger partial charge in [-0.3, -0.25) is 4.79 Å². The maximum atomic E-state index is 12.8. The molecule has 0 aromatic heterocycles. The number of carboxylic acid groups (broad SMARTS) is 1. The predicted molar refractivity (Wildman–Crippen MR) is 109 cm³/mol. The molecule has 2 fully saturated rings. The molecule has 1 saturated heterocycles. The average molecular weight is 405 g/mol. The Morgan fingerprint density at radius 1 is 1.24 bits per heavy atom. The van der Waals surface area contributed by atoms with Crippen LogP contribution < -0.4 is 10.1 Å². The number of benzene rings is 1. The van der Waals surface area contributed by atoms with Crippen molar-refractivity contribution in [3.05, 3.63) is 23.8 Å². The number of nitrogens with zero attached hydrogens (tertiary/aromatic N) is 1. The fourth-order valence-corrected chi connectivity index (χ4v) is 4.96. The highest BCUT2D eigenvalue weighted by atomic mass is 16.5. The summed E-state index contributed by atoms with van der Waals surface area (Å²) in [5.74, 6) is 1.05. The van der Waals surface area contributed by atoms with Crippen LogP contribution >= 0.6 is 0 Å². The molecule has 7 heteroatoms. The van der Waals surface area contributed by atoms with Crippen LogP contribution in [0.2, 0.25) is 0 Å². The predicted octanol–water partition coefficient (Wildman–Crippen LogP) is 3.60. The number of methoxy groups -OCH3 is 1.